The van der Waals surface area contributed by atoms with Crippen molar-refractivity contribution in [1.29, 1.82) is 0 Å². The molecule has 1 rings (SSSR count). The molecule has 0 unspecified atom stereocenters. The monoisotopic (exact) mass is 166 g/mol. The minimum absolute atomic E-state index is 0.385. The molecule has 1 fully saturated rings. The van der Waals surface area contributed by atoms with Gasteiger partial charge in [-0.15, -0.1) is 0 Å². The first-order valence-electron chi connectivity index (χ1n) is 3.71. The summed E-state index contributed by atoms with van der Waals surface area (Å²) in [4.78, 5) is 9.38. The van der Waals surface area contributed by atoms with E-state index in [0.29, 0.717) is 5.78 Å². The summed E-state index contributed by atoms with van der Waals surface area (Å²) in [5.74, 6) is 1.18. The summed E-state index contributed by atoms with van der Waals surface area (Å²) in [6.45, 7) is 1.86. The van der Waals surface area contributed by atoms with Gasteiger partial charge >= 0.3 is 22.4 Å². The molecule has 1 aliphatic rings. The Balaban J connectivity index is 2.75. The lowest BCUT2D eigenvalue weighted by Gasteiger charge is -2.12. The van der Waals surface area contributed by atoms with Crippen molar-refractivity contribution in [3.05, 3.63) is 17.8 Å². The summed E-state index contributed by atoms with van der Waals surface area (Å²) >= 11 is 2.19. The Morgan fingerprint density at radius 3 is 3.00 bits per heavy atom. The molecule has 0 aliphatic heterocycles. The average Bonchev–Trinajstić information content (AvgIpc) is 2.04. The van der Waals surface area contributed by atoms with E-state index in [4.69, 9.17) is 3.79 Å². The third-order valence-electron chi connectivity index (χ3n) is 1.88. The summed E-state index contributed by atoms with van der Waals surface area (Å²) in [6.07, 6.45) is 4.83. The van der Waals surface area contributed by atoms with Gasteiger partial charge in [-0.2, -0.15) is 0 Å². The molecule has 2 nitrogen and oxygen atoms in total. The van der Waals surface area contributed by atoms with E-state index < -0.39 is 0 Å². The highest BCUT2D eigenvalue weighted by atomic mass is 27.1. The smallest absolute Gasteiger partial charge is 0.481 e. The molecule has 0 aromatic carbocycles. The molecule has 0 spiro atoms. The second kappa shape index (κ2) is 3.94. The Morgan fingerprint density at radius 1 is 1.73 bits per heavy atom. The SMILES string of the molecule is C/C([O][Al])=C1\CCC[CH]C1=[OH+]. The molecule has 3 radical (unpaired) electrons. The number of hydrogen-bond acceptors (Lipinski definition) is 1. The van der Waals surface area contributed by atoms with Gasteiger partial charge in [-0.1, -0.05) is 0 Å². The van der Waals surface area contributed by atoms with Crippen LogP contribution in [0.3, 0.4) is 0 Å². The van der Waals surface area contributed by atoms with Crippen molar-refractivity contribution in [2.45, 2.75) is 26.2 Å². The highest BCUT2D eigenvalue weighted by Gasteiger charge is 2.23. The van der Waals surface area contributed by atoms with Crippen LogP contribution in [-0.4, -0.2) is 27.2 Å². The zero-order valence-electron chi connectivity index (χ0n) is 6.63. The first-order valence-corrected chi connectivity index (χ1v) is 4.19. The van der Waals surface area contributed by atoms with Gasteiger partial charge in [0.25, 0.3) is 0 Å². The number of allylic oxidation sites excluding steroid dienone is 2. The average molecular weight is 166 g/mol. The van der Waals surface area contributed by atoms with Crippen LogP contribution >= 0.6 is 0 Å². The van der Waals surface area contributed by atoms with E-state index in [0.717, 1.165) is 30.6 Å². The van der Waals surface area contributed by atoms with Crippen LogP contribution in [0, 0.1) is 6.42 Å². The normalized spacial score (nSPS) is 23.2. The van der Waals surface area contributed by atoms with E-state index in [1.165, 1.54) is 0 Å². The molecule has 0 bridgehead atoms. The van der Waals surface area contributed by atoms with Gasteiger partial charge in [0.2, 0.25) is 0 Å². The number of rotatable bonds is 1. The van der Waals surface area contributed by atoms with Gasteiger partial charge in [0, 0.05) is 0 Å². The topological polar surface area (TPSA) is 30.6 Å². The van der Waals surface area contributed by atoms with Gasteiger partial charge in [0.15, 0.2) is 0 Å². The minimum atomic E-state index is 0.385. The first-order chi connectivity index (χ1) is 5.25. The van der Waals surface area contributed by atoms with Crippen molar-refractivity contribution in [2.24, 2.45) is 0 Å². The summed E-state index contributed by atoms with van der Waals surface area (Å²) in [7, 11) is 0. The molecule has 11 heavy (non-hydrogen) atoms. The van der Waals surface area contributed by atoms with Gasteiger partial charge in [-0.05, 0) is 26.2 Å². The highest BCUT2D eigenvalue weighted by molar-refractivity contribution is 6.05. The van der Waals surface area contributed by atoms with Crippen molar-refractivity contribution in [3.63, 3.8) is 0 Å². The molecule has 3 heteroatoms. The molecule has 0 atom stereocenters. The molecule has 0 aromatic heterocycles. The van der Waals surface area contributed by atoms with E-state index in [1.54, 1.807) is 0 Å². The second-order valence-electron chi connectivity index (χ2n) is 2.63. The van der Waals surface area contributed by atoms with Gasteiger partial charge in [0.1, 0.15) is 0 Å². The van der Waals surface area contributed by atoms with Crippen molar-refractivity contribution in [2.75, 3.05) is 0 Å². The summed E-state index contributed by atoms with van der Waals surface area (Å²) in [5, 5.41) is 0. The molecule has 57 valence electrons. The molecule has 1 aliphatic carbocycles. The molecular formula is C8H11AlO2+. The van der Waals surface area contributed by atoms with Crippen LogP contribution < -0.4 is 0 Å². The molecule has 0 heterocycles. The maximum Gasteiger partial charge on any atom is 0.481 e. The Bertz CT molecular complexity index is 196. The summed E-state index contributed by atoms with van der Waals surface area (Å²) in [6, 6.07) is 0. The predicted molar refractivity (Wildman–Crippen MR) is 44.6 cm³/mol. The Hall–Kier alpha value is -0.258. The van der Waals surface area contributed by atoms with Crippen molar-refractivity contribution in [3.8, 4) is 0 Å². The van der Waals surface area contributed by atoms with E-state index in [2.05, 4.69) is 16.6 Å². The van der Waals surface area contributed by atoms with Crippen molar-refractivity contribution >= 4 is 22.4 Å². The van der Waals surface area contributed by atoms with Crippen LogP contribution in [0.2, 0.25) is 0 Å². The van der Waals surface area contributed by atoms with Crippen LogP contribution in [0.5, 0.6) is 0 Å². The minimum Gasteiger partial charge on any atom is -0.656 e. The van der Waals surface area contributed by atoms with E-state index in [9.17, 15) is 4.79 Å². The van der Waals surface area contributed by atoms with E-state index in [-0.39, 0.29) is 0 Å². The summed E-state index contributed by atoms with van der Waals surface area (Å²) < 4.78 is 4.96. The highest BCUT2D eigenvalue weighted by Crippen LogP contribution is 2.21. The van der Waals surface area contributed by atoms with Crippen molar-refractivity contribution in [1.82, 2.24) is 0 Å². The summed E-state index contributed by atoms with van der Waals surface area (Å²) in [5.41, 5.74) is 0.936. The van der Waals surface area contributed by atoms with Crippen LogP contribution in [-0.2, 0) is 3.79 Å². The van der Waals surface area contributed by atoms with Crippen LogP contribution in [0.1, 0.15) is 26.2 Å². The van der Waals surface area contributed by atoms with Crippen molar-refractivity contribution < 1.29 is 8.58 Å². The predicted octanol–water partition coefficient (Wildman–Crippen LogP) is 1.29. The fourth-order valence-electron chi connectivity index (χ4n) is 1.20. The number of carbonyl (C=O) groups excluding carboxylic acids is 1. The lowest BCUT2D eigenvalue weighted by atomic mass is 9.93. The lowest BCUT2D eigenvalue weighted by molar-refractivity contribution is 0.461. The maximum absolute atomic E-state index is 9.38. The molecule has 0 saturated heterocycles. The van der Waals surface area contributed by atoms with Crippen LogP contribution in [0.4, 0.5) is 0 Å². The Morgan fingerprint density at radius 2 is 2.45 bits per heavy atom. The van der Waals surface area contributed by atoms with Gasteiger partial charge < -0.3 is 3.79 Å². The molecule has 0 amide bonds. The van der Waals surface area contributed by atoms with Crippen LogP contribution in [0.15, 0.2) is 11.3 Å². The molecular weight excluding hydrogens is 155 g/mol. The molecule has 1 saturated carbocycles. The quantitative estimate of drug-likeness (QED) is 0.250. The Labute approximate surface area is 75.4 Å². The van der Waals surface area contributed by atoms with E-state index in [1.807, 2.05) is 13.3 Å². The standard InChI is InChI=1S/C8H11O2.Al/c1-6(9)7-4-2-3-5-8(7)10;/h5,9H,2-4H2,1H3;/q;+1/b7-6-;. The fourth-order valence-corrected chi connectivity index (χ4v) is 1.34. The first kappa shape index (κ1) is 8.84. The van der Waals surface area contributed by atoms with Gasteiger partial charge in [0.05, 0.1) is 17.8 Å². The maximum atomic E-state index is 9.38. The number of hydrogen-bond donors (Lipinski definition) is 0. The van der Waals surface area contributed by atoms with Gasteiger partial charge in [-0.3, -0.25) is 4.79 Å². The Kier molecular flexibility index (Phi) is 3.17. The fraction of sp³-hybridized carbons (Fsp3) is 0.500. The third-order valence-corrected chi connectivity index (χ3v) is 2.23. The lowest BCUT2D eigenvalue weighted by Crippen LogP contribution is -2.12. The van der Waals surface area contributed by atoms with E-state index >= 15 is 0 Å². The zero-order valence-corrected chi connectivity index (χ0v) is 7.79. The molecule has 0 aromatic rings. The third kappa shape index (κ3) is 2.08. The van der Waals surface area contributed by atoms with Gasteiger partial charge in [-0.25, -0.2) is 0 Å². The second-order valence-corrected chi connectivity index (χ2v) is 2.87. The van der Waals surface area contributed by atoms with Crippen LogP contribution in [0.25, 0.3) is 0 Å². The largest absolute Gasteiger partial charge is 0.656 e. The number of ketones is 1. The molecule has 1 N–H and O–H groups in total. The zero-order chi connectivity index (χ0) is 8.27.